The summed E-state index contributed by atoms with van der Waals surface area (Å²) in [5.41, 5.74) is 9.07. The van der Waals surface area contributed by atoms with E-state index < -0.39 is 6.10 Å². The summed E-state index contributed by atoms with van der Waals surface area (Å²) in [7, 11) is 3.46. The minimum atomic E-state index is -0.726. The molecule has 0 radical (unpaired) electrons. The summed E-state index contributed by atoms with van der Waals surface area (Å²) in [6.07, 6.45) is 5.98. The van der Waals surface area contributed by atoms with Gasteiger partial charge in [-0.25, -0.2) is 0 Å². The number of methoxy groups -OCH3 is 2. The number of carbonyl (C=O) groups excluding carboxylic acids is 1. The summed E-state index contributed by atoms with van der Waals surface area (Å²) in [6.45, 7) is 10.7. The van der Waals surface area contributed by atoms with Crippen LogP contribution in [-0.4, -0.2) is 63.2 Å². The van der Waals surface area contributed by atoms with Crippen molar-refractivity contribution in [1.82, 2.24) is 5.32 Å². The Morgan fingerprint density at radius 1 is 1.11 bits per heavy atom. The molecule has 1 aliphatic rings. The zero-order valence-corrected chi connectivity index (χ0v) is 24.7. The van der Waals surface area contributed by atoms with Gasteiger partial charge in [0.15, 0.2) is 0 Å². The molecule has 1 saturated heterocycles. The maximum Gasteiger partial charge on any atom is 0.223 e. The van der Waals surface area contributed by atoms with Crippen LogP contribution in [-0.2, 0) is 27.1 Å². The van der Waals surface area contributed by atoms with E-state index >= 15 is 0 Å². The smallest absolute Gasteiger partial charge is 0.223 e. The zero-order chi connectivity index (χ0) is 28.1. The summed E-state index contributed by atoms with van der Waals surface area (Å²) in [5, 5.41) is 14.3. The molecular weight excluding hydrogens is 480 g/mol. The fourth-order valence-electron chi connectivity index (χ4n) is 5.38. The van der Waals surface area contributed by atoms with E-state index in [-0.39, 0.29) is 29.8 Å². The highest BCUT2D eigenvalue weighted by Gasteiger charge is 2.31. The molecule has 4 N–H and O–H groups in total. The van der Waals surface area contributed by atoms with Gasteiger partial charge in [-0.3, -0.25) is 4.79 Å². The van der Waals surface area contributed by atoms with Gasteiger partial charge in [0.1, 0.15) is 5.75 Å². The van der Waals surface area contributed by atoms with Crippen LogP contribution in [0.3, 0.4) is 0 Å². The molecule has 0 saturated carbocycles. The van der Waals surface area contributed by atoms with Crippen molar-refractivity contribution in [2.24, 2.45) is 29.4 Å². The first-order valence-corrected chi connectivity index (χ1v) is 14.6. The van der Waals surface area contributed by atoms with Gasteiger partial charge in [-0.05, 0) is 86.3 Å². The zero-order valence-electron chi connectivity index (χ0n) is 24.7. The van der Waals surface area contributed by atoms with Crippen LogP contribution >= 0.6 is 0 Å². The molecule has 7 heteroatoms. The molecule has 0 bridgehead atoms. The molecule has 1 aromatic rings. The molecular formula is C31H54N2O5. The first kappa shape index (κ1) is 32.5. The maximum atomic E-state index is 13.1. The average molecular weight is 535 g/mol. The molecule has 7 nitrogen and oxygen atoms in total. The van der Waals surface area contributed by atoms with E-state index in [9.17, 15) is 9.90 Å². The maximum absolute atomic E-state index is 13.1. The molecule has 0 unspecified atom stereocenters. The van der Waals surface area contributed by atoms with Crippen molar-refractivity contribution in [3.05, 3.63) is 29.3 Å². The second-order valence-corrected chi connectivity index (χ2v) is 11.8. The fraction of sp³-hybridized carbons (Fsp3) is 0.774. The lowest BCUT2D eigenvalue weighted by Gasteiger charge is -2.31. The number of nitrogens with two attached hydrogens (primary N) is 1. The normalized spacial score (nSPS) is 17.8. The number of benzene rings is 1. The van der Waals surface area contributed by atoms with E-state index in [1.807, 2.05) is 13.8 Å². The summed E-state index contributed by atoms with van der Waals surface area (Å²) in [5.74, 6) is 1.55. The Morgan fingerprint density at radius 3 is 2.42 bits per heavy atom. The number of aryl methyl sites for hydroxylation is 1. The summed E-state index contributed by atoms with van der Waals surface area (Å²) in [4.78, 5) is 13.1. The molecule has 38 heavy (non-hydrogen) atoms. The third-order valence-corrected chi connectivity index (χ3v) is 8.10. The van der Waals surface area contributed by atoms with Crippen LogP contribution in [0.25, 0.3) is 0 Å². The molecule has 1 fully saturated rings. The van der Waals surface area contributed by atoms with Gasteiger partial charge in [-0.2, -0.15) is 0 Å². The molecule has 1 heterocycles. The molecule has 0 aliphatic carbocycles. The van der Waals surface area contributed by atoms with Crippen molar-refractivity contribution in [2.75, 3.05) is 34.0 Å². The van der Waals surface area contributed by atoms with Crippen LogP contribution in [0.15, 0.2) is 18.2 Å². The van der Waals surface area contributed by atoms with Crippen LogP contribution in [0.1, 0.15) is 77.3 Å². The van der Waals surface area contributed by atoms with E-state index in [0.717, 1.165) is 50.9 Å². The van der Waals surface area contributed by atoms with E-state index in [1.54, 1.807) is 14.2 Å². The molecule has 1 amide bonds. The molecule has 2 rings (SSSR count). The van der Waals surface area contributed by atoms with E-state index in [4.69, 9.17) is 19.9 Å². The number of carbonyl (C=O) groups is 1. The molecule has 0 spiro atoms. The van der Waals surface area contributed by atoms with Gasteiger partial charge in [0.05, 0.1) is 13.2 Å². The molecule has 4 atom stereocenters. The van der Waals surface area contributed by atoms with Gasteiger partial charge in [-0.1, -0.05) is 39.8 Å². The number of nitrogens with one attached hydrogen (secondary N) is 1. The third-order valence-electron chi connectivity index (χ3n) is 8.10. The van der Waals surface area contributed by atoms with Crippen LogP contribution < -0.4 is 15.8 Å². The van der Waals surface area contributed by atoms with Gasteiger partial charge >= 0.3 is 0 Å². The predicted molar refractivity (Wildman–Crippen MR) is 153 cm³/mol. The largest absolute Gasteiger partial charge is 0.496 e. The fourth-order valence-corrected chi connectivity index (χ4v) is 5.38. The van der Waals surface area contributed by atoms with Crippen molar-refractivity contribution in [3.63, 3.8) is 0 Å². The van der Waals surface area contributed by atoms with Crippen molar-refractivity contribution >= 4 is 5.91 Å². The van der Waals surface area contributed by atoms with Crippen molar-refractivity contribution in [2.45, 2.75) is 97.2 Å². The van der Waals surface area contributed by atoms with Crippen molar-refractivity contribution in [3.8, 4) is 5.75 Å². The SMILES string of the molecule is COCCCCc1cc(C[C@@H](C[C@H](N)[C@@H](O)C[C@H](C(=O)NC2CCOCC2)C(C)C)C(C)C)ccc1OC. The summed E-state index contributed by atoms with van der Waals surface area (Å²) < 4.78 is 16.2. The number of aliphatic hydroxyl groups excluding tert-OH is 1. The van der Waals surface area contributed by atoms with Crippen LogP contribution in [0.4, 0.5) is 0 Å². The van der Waals surface area contributed by atoms with Crippen LogP contribution in [0.2, 0.25) is 0 Å². The van der Waals surface area contributed by atoms with Crippen LogP contribution in [0, 0.1) is 23.7 Å². The number of amides is 1. The lowest BCUT2D eigenvalue weighted by Crippen LogP contribution is -2.46. The minimum absolute atomic E-state index is 0.0230. The second kappa shape index (κ2) is 17.1. The lowest BCUT2D eigenvalue weighted by molar-refractivity contribution is -0.129. The average Bonchev–Trinajstić information content (AvgIpc) is 2.89. The van der Waals surface area contributed by atoms with Crippen LogP contribution in [0.5, 0.6) is 5.75 Å². The Morgan fingerprint density at radius 2 is 1.82 bits per heavy atom. The summed E-state index contributed by atoms with van der Waals surface area (Å²) >= 11 is 0. The Bertz CT molecular complexity index is 809. The minimum Gasteiger partial charge on any atom is -0.496 e. The Balaban J connectivity index is 2.00. The molecule has 0 aromatic heterocycles. The molecule has 1 aromatic carbocycles. The number of ether oxygens (including phenoxy) is 3. The topological polar surface area (TPSA) is 103 Å². The number of hydrogen-bond acceptors (Lipinski definition) is 6. The van der Waals surface area contributed by atoms with Gasteiger partial charge in [0.2, 0.25) is 5.91 Å². The number of rotatable bonds is 17. The summed E-state index contributed by atoms with van der Waals surface area (Å²) in [6, 6.07) is 6.24. The number of aliphatic hydroxyl groups is 1. The standard InChI is InChI=1S/C31H54N2O5/c1-21(2)25(18-23-10-11-30(37-6)24(17-23)9-7-8-14-36-5)19-28(32)29(34)20-27(22(3)4)31(35)33-26-12-15-38-16-13-26/h10-11,17,21-22,25-29,34H,7-9,12-16,18-20,32H2,1-6H3,(H,33,35)/t25-,27-,28-,29-/m0/s1. The van der Waals surface area contributed by atoms with Gasteiger partial charge < -0.3 is 30.4 Å². The monoisotopic (exact) mass is 534 g/mol. The van der Waals surface area contributed by atoms with E-state index in [0.29, 0.717) is 37.9 Å². The number of unbranched alkanes of at least 4 members (excludes halogenated alkanes) is 1. The second-order valence-electron chi connectivity index (χ2n) is 11.8. The van der Waals surface area contributed by atoms with Gasteiger partial charge in [0.25, 0.3) is 0 Å². The highest BCUT2D eigenvalue weighted by Crippen LogP contribution is 2.29. The first-order chi connectivity index (χ1) is 18.2. The molecule has 218 valence electrons. The highest BCUT2D eigenvalue weighted by atomic mass is 16.5. The quantitative estimate of drug-likeness (QED) is 0.254. The first-order valence-electron chi connectivity index (χ1n) is 14.6. The Hall–Kier alpha value is -1.67. The highest BCUT2D eigenvalue weighted by molar-refractivity contribution is 5.79. The van der Waals surface area contributed by atoms with E-state index in [1.165, 1.54) is 11.1 Å². The lowest BCUT2D eigenvalue weighted by atomic mass is 9.80. The van der Waals surface area contributed by atoms with E-state index in [2.05, 4.69) is 37.4 Å². The van der Waals surface area contributed by atoms with Gasteiger partial charge in [0, 0.05) is 44.9 Å². The number of hydrogen-bond donors (Lipinski definition) is 3. The Kier molecular flexibility index (Phi) is 14.7. The molecule has 1 aliphatic heterocycles. The Labute approximate surface area is 231 Å². The third kappa shape index (κ3) is 10.8. The van der Waals surface area contributed by atoms with Crippen molar-refractivity contribution < 1.29 is 24.1 Å². The van der Waals surface area contributed by atoms with Gasteiger partial charge in [-0.15, -0.1) is 0 Å². The predicted octanol–water partition coefficient (Wildman–Crippen LogP) is 4.51. The van der Waals surface area contributed by atoms with Crippen molar-refractivity contribution in [1.29, 1.82) is 0 Å².